The number of benzene rings is 1. The summed E-state index contributed by atoms with van der Waals surface area (Å²) in [5.74, 6) is -0.987. The van der Waals surface area contributed by atoms with Gasteiger partial charge in [-0.1, -0.05) is 19.9 Å². The van der Waals surface area contributed by atoms with Gasteiger partial charge in [0.2, 0.25) is 0 Å². The minimum Gasteiger partial charge on any atom is -0.504 e. The number of carboxylic acid groups (broad SMARTS) is 1. The van der Waals surface area contributed by atoms with Crippen LogP contribution in [0.5, 0.6) is 11.5 Å². The van der Waals surface area contributed by atoms with E-state index in [0.717, 1.165) is 5.56 Å². The molecule has 5 nitrogen and oxygen atoms in total. The van der Waals surface area contributed by atoms with E-state index in [2.05, 4.69) is 5.32 Å². The molecular weight excluding hydrogens is 234 g/mol. The number of nitrogens with one attached hydrogen (secondary N) is 1. The first-order valence-corrected chi connectivity index (χ1v) is 5.87. The van der Waals surface area contributed by atoms with E-state index in [1.54, 1.807) is 6.07 Å². The smallest absolute Gasteiger partial charge is 0.320 e. The van der Waals surface area contributed by atoms with Crippen LogP contribution < -0.4 is 5.32 Å². The van der Waals surface area contributed by atoms with Gasteiger partial charge in [-0.05, 0) is 30.0 Å². The van der Waals surface area contributed by atoms with E-state index < -0.39 is 12.0 Å². The van der Waals surface area contributed by atoms with Crippen molar-refractivity contribution < 1.29 is 20.1 Å². The van der Waals surface area contributed by atoms with Crippen molar-refractivity contribution in [1.82, 2.24) is 5.32 Å². The second-order valence-corrected chi connectivity index (χ2v) is 4.72. The first kappa shape index (κ1) is 14.3. The van der Waals surface area contributed by atoms with E-state index in [1.165, 1.54) is 12.1 Å². The van der Waals surface area contributed by atoms with Gasteiger partial charge in [-0.15, -0.1) is 0 Å². The Morgan fingerprint density at radius 2 is 1.94 bits per heavy atom. The third kappa shape index (κ3) is 4.25. The van der Waals surface area contributed by atoms with Gasteiger partial charge in [-0.3, -0.25) is 4.79 Å². The van der Waals surface area contributed by atoms with Crippen LogP contribution in [0.3, 0.4) is 0 Å². The lowest BCUT2D eigenvalue weighted by atomic mass is 10.0. The lowest BCUT2D eigenvalue weighted by Gasteiger charge is -2.16. The van der Waals surface area contributed by atoms with Crippen LogP contribution >= 0.6 is 0 Å². The zero-order valence-electron chi connectivity index (χ0n) is 10.6. The topological polar surface area (TPSA) is 89.8 Å². The van der Waals surface area contributed by atoms with Crippen LogP contribution in [0, 0.1) is 5.92 Å². The Bertz CT molecular complexity index is 417. The molecule has 0 spiro atoms. The number of rotatable bonds is 6. The number of aliphatic carboxylic acids is 1. The molecule has 0 saturated heterocycles. The summed E-state index contributed by atoms with van der Waals surface area (Å²) in [6.45, 7) is 4.26. The maximum absolute atomic E-state index is 11.0. The standard InChI is InChI=1S/C13H19NO4/c1-8(2)5-10(13(17)18)14-7-9-3-4-11(15)12(16)6-9/h3-4,6,8,10,14-16H,5,7H2,1-2H3,(H,17,18). The molecule has 0 aliphatic heterocycles. The average Bonchev–Trinajstić information content (AvgIpc) is 2.28. The molecule has 5 heteroatoms. The van der Waals surface area contributed by atoms with Crippen LogP contribution in [0.25, 0.3) is 0 Å². The number of phenolic OH excluding ortho intramolecular Hbond substituents is 2. The van der Waals surface area contributed by atoms with Crippen molar-refractivity contribution in [2.75, 3.05) is 0 Å². The molecule has 100 valence electrons. The Morgan fingerprint density at radius 3 is 2.44 bits per heavy atom. The third-order valence-electron chi connectivity index (χ3n) is 2.60. The second kappa shape index (κ2) is 6.26. The molecule has 1 aromatic rings. The molecule has 0 saturated carbocycles. The number of hydrogen-bond donors (Lipinski definition) is 4. The van der Waals surface area contributed by atoms with Gasteiger partial charge in [0.25, 0.3) is 0 Å². The Labute approximate surface area is 106 Å². The third-order valence-corrected chi connectivity index (χ3v) is 2.60. The summed E-state index contributed by atoms with van der Waals surface area (Å²) >= 11 is 0. The highest BCUT2D eigenvalue weighted by Crippen LogP contribution is 2.24. The van der Waals surface area contributed by atoms with E-state index >= 15 is 0 Å². The first-order valence-electron chi connectivity index (χ1n) is 5.87. The summed E-state index contributed by atoms with van der Waals surface area (Å²) in [4.78, 5) is 11.0. The van der Waals surface area contributed by atoms with Crippen LogP contribution in [0.15, 0.2) is 18.2 Å². The molecule has 1 unspecified atom stereocenters. The molecule has 1 aromatic carbocycles. The van der Waals surface area contributed by atoms with Gasteiger partial charge < -0.3 is 20.6 Å². The molecule has 0 bridgehead atoms. The van der Waals surface area contributed by atoms with Crippen molar-refractivity contribution >= 4 is 5.97 Å². The number of phenols is 2. The summed E-state index contributed by atoms with van der Waals surface area (Å²) in [7, 11) is 0. The van der Waals surface area contributed by atoms with E-state index in [1.807, 2.05) is 13.8 Å². The molecule has 1 rings (SSSR count). The Kier molecular flexibility index (Phi) is 4.97. The van der Waals surface area contributed by atoms with Crippen molar-refractivity contribution in [1.29, 1.82) is 0 Å². The van der Waals surface area contributed by atoms with E-state index in [4.69, 9.17) is 10.2 Å². The van der Waals surface area contributed by atoms with Crippen LogP contribution in [-0.4, -0.2) is 27.3 Å². The Hall–Kier alpha value is -1.75. The van der Waals surface area contributed by atoms with Crippen molar-refractivity contribution in [3.05, 3.63) is 23.8 Å². The molecule has 0 aliphatic carbocycles. The molecule has 0 amide bonds. The lowest BCUT2D eigenvalue weighted by molar-refractivity contribution is -0.140. The normalized spacial score (nSPS) is 12.6. The number of carbonyl (C=O) groups is 1. The number of aromatic hydroxyl groups is 2. The monoisotopic (exact) mass is 253 g/mol. The fraction of sp³-hybridized carbons (Fsp3) is 0.462. The Morgan fingerprint density at radius 1 is 1.28 bits per heavy atom. The predicted octanol–water partition coefficient (Wildman–Crippen LogP) is 1.69. The van der Waals surface area contributed by atoms with Crippen LogP contribution in [0.1, 0.15) is 25.8 Å². The van der Waals surface area contributed by atoms with Crippen LogP contribution in [0.4, 0.5) is 0 Å². The highest BCUT2D eigenvalue weighted by Gasteiger charge is 2.18. The molecule has 1 atom stereocenters. The molecular formula is C13H19NO4. The summed E-state index contributed by atoms with van der Waals surface area (Å²) in [6.07, 6.45) is 0.541. The zero-order chi connectivity index (χ0) is 13.7. The molecule has 0 aliphatic rings. The van der Waals surface area contributed by atoms with Gasteiger partial charge in [0.1, 0.15) is 6.04 Å². The van der Waals surface area contributed by atoms with Gasteiger partial charge in [-0.25, -0.2) is 0 Å². The van der Waals surface area contributed by atoms with Gasteiger partial charge in [0, 0.05) is 6.54 Å². The van der Waals surface area contributed by atoms with E-state index in [9.17, 15) is 9.90 Å². The summed E-state index contributed by atoms with van der Waals surface area (Å²) in [6, 6.07) is 3.82. The highest BCUT2D eigenvalue weighted by atomic mass is 16.4. The van der Waals surface area contributed by atoms with Crippen LogP contribution in [-0.2, 0) is 11.3 Å². The molecule has 0 aromatic heterocycles. The van der Waals surface area contributed by atoms with E-state index in [0.29, 0.717) is 13.0 Å². The largest absolute Gasteiger partial charge is 0.504 e. The minimum atomic E-state index is -0.883. The Balaban J connectivity index is 2.61. The predicted molar refractivity (Wildman–Crippen MR) is 67.5 cm³/mol. The average molecular weight is 253 g/mol. The lowest BCUT2D eigenvalue weighted by Crippen LogP contribution is -2.37. The van der Waals surface area contributed by atoms with Crippen molar-refractivity contribution in [3.63, 3.8) is 0 Å². The quantitative estimate of drug-likeness (QED) is 0.579. The molecule has 0 radical (unpaired) electrons. The molecule has 18 heavy (non-hydrogen) atoms. The first-order chi connectivity index (χ1) is 8.40. The molecule has 0 fully saturated rings. The van der Waals surface area contributed by atoms with Gasteiger partial charge in [-0.2, -0.15) is 0 Å². The van der Waals surface area contributed by atoms with E-state index in [-0.39, 0.29) is 17.4 Å². The molecule has 0 heterocycles. The maximum Gasteiger partial charge on any atom is 0.320 e. The second-order valence-electron chi connectivity index (χ2n) is 4.72. The number of carboxylic acids is 1. The summed E-state index contributed by atoms with van der Waals surface area (Å²) in [5, 5.41) is 30.5. The fourth-order valence-electron chi connectivity index (χ4n) is 1.66. The van der Waals surface area contributed by atoms with Crippen molar-refractivity contribution in [2.45, 2.75) is 32.9 Å². The minimum absolute atomic E-state index is 0.185. The molecule has 4 N–H and O–H groups in total. The number of hydrogen-bond acceptors (Lipinski definition) is 4. The van der Waals surface area contributed by atoms with Crippen molar-refractivity contribution in [2.24, 2.45) is 5.92 Å². The zero-order valence-corrected chi connectivity index (χ0v) is 10.6. The summed E-state index contributed by atoms with van der Waals surface area (Å²) < 4.78 is 0. The SMILES string of the molecule is CC(C)CC(NCc1ccc(O)c(O)c1)C(=O)O. The fourth-order valence-corrected chi connectivity index (χ4v) is 1.66. The van der Waals surface area contributed by atoms with Crippen LogP contribution in [0.2, 0.25) is 0 Å². The van der Waals surface area contributed by atoms with Gasteiger partial charge in [0.15, 0.2) is 11.5 Å². The van der Waals surface area contributed by atoms with Gasteiger partial charge in [0.05, 0.1) is 0 Å². The highest BCUT2D eigenvalue weighted by molar-refractivity contribution is 5.73. The van der Waals surface area contributed by atoms with Crippen molar-refractivity contribution in [3.8, 4) is 11.5 Å². The maximum atomic E-state index is 11.0. The summed E-state index contributed by atoms with van der Waals surface area (Å²) in [5.41, 5.74) is 0.723. The van der Waals surface area contributed by atoms with Gasteiger partial charge >= 0.3 is 5.97 Å².